The molecule has 11 nitrogen and oxygen atoms in total. The average molecular weight is 697 g/mol. The summed E-state index contributed by atoms with van der Waals surface area (Å²) in [5, 5.41) is 8.91. The fraction of sp³-hybridized carbons (Fsp3) is 0.647. The summed E-state index contributed by atoms with van der Waals surface area (Å²) in [6, 6.07) is 10.3. The Morgan fingerprint density at radius 1 is 0.796 bits per heavy atom. The monoisotopic (exact) mass is 697 g/mol. The Hall–Kier alpha value is -2.44. The molecule has 3 saturated heterocycles. The number of nitrogens with one attached hydrogen (secondary N) is 1. The van der Waals surface area contributed by atoms with Crippen molar-refractivity contribution >= 4 is 43.3 Å². The molecule has 0 aliphatic carbocycles. The minimum absolute atomic E-state index is 0.311. The predicted octanol–water partition coefficient (Wildman–Crippen LogP) is 6.06. The van der Waals surface area contributed by atoms with E-state index in [2.05, 4.69) is 16.6 Å². The molecule has 0 saturated carbocycles. The highest BCUT2D eigenvalue weighted by molar-refractivity contribution is 7.86. The lowest BCUT2D eigenvalue weighted by Gasteiger charge is -2.35. The summed E-state index contributed by atoms with van der Waals surface area (Å²) in [4.78, 5) is 4.85. The Kier molecular flexibility index (Phi) is 12.6. The topological polar surface area (TPSA) is 130 Å². The van der Waals surface area contributed by atoms with Crippen LogP contribution in [0.4, 0.5) is 5.69 Å². The van der Waals surface area contributed by atoms with Crippen molar-refractivity contribution in [3.05, 3.63) is 42.1 Å². The first kappa shape index (κ1) is 41.0. The largest absolute Gasteiger partial charge is 0.496 e. The first-order chi connectivity index (χ1) is 22.6. The van der Waals surface area contributed by atoms with E-state index in [-0.39, 0.29) is 22.4 Å². The molecule has 0 radical (unpaired) electrons. The lowest BCUT2D eigenvalue weighted by molar-refractivity contribution is -0.0118. The molecular formula is C34H54B3N3O8S. The summed E-state index contributed by atoms with van der Waals surface area (Å²) in [5.41, 5.74) is -0.672. The minimum Gasteiger partial charge on any atom is -0.480 e. The molecule has 0 bridgehead atoms. The van der Waals surface area contributed by atoms with Gasteiger partial charge in [0.15, 0.2) is 0 Å². The number of nitriles is 1. The zero-order valence-corrected chi connectivity index (χ0v) is 32.8. The van der Waals surface area contributed by atoms with Crippen LogP contribution in [-0.2, 0) is 38.9 Å². The van der Waals surface area contributed by atoms with Crippen LogP contribution in [0.1, 0.15) is 109 Å². The Morgan fingerprint density at radius 2 is 1.27 bits per heavy atom. The molecule has 2 unspecified atom stereocenters. The molecule has 0 amide bonds. The fourth-order valence-corrected chi connectivity index (χ4v) is 5.93. The van der Waals surface area contributed by atoms with Crippen LogP contribution in [0.25, 0.3) is 0 Å². The van der Waals surface area contributed by atoms with E-state index in [1.807, 2.05) is 96.1 Å². The highest BCUT2D eigenvalue weighted by atomic mass is 32.2. The van der Waals surface area contributed by atoms with E-state index in [9.17, 15) is 4.21 Å². The molecule has 2 atom stereocenters. The predicted molar refractivity (Wildman–Crippen MR) is 196 cm³/mol. The number of pyridine rings is 1. The molecule has 4 heterocycles. The normalized spacial score (nSPS) is 24.6. The lowest BCUT2D eigenvalue weighted by Crippen LogP contribution is -2.44. The second kappa shape index (κ2) is 15.0. The molecule has 1 N–H and O–H groups in total. The van der Waals surface area contributed by atoms with E-state index in [0.29, 0.717) is 27.5 Å². The standard InChI is InChI=1S/C20H24BN3O4S.C12H24B2O4.C2H6/c1-6-20(4)19(2,3)27-21(28-20)15-11-17(18(26-5)23-13-15)24-29(25)16-9-7-14(12-22)8-10-16;1-9(2)10(3,4)16-13(15-9)14-17-11(5,6)12(7,8)18-14;1-2/h7-11,13,24H,6H2,1-5H3;1-8H3;1-2H3. The molecule has 268 valence electrons. The third kappa shape index (κ3) is 8.55. The van der Waals surface area contributed by atoms with Crippen molar-refractivity contribution in [3.63, 3.8) is 0 Å². The van der Waals surface area contributed by atoms with Gasteiger partial charge < -0.3 is 32.7 Å². The summed E-state index contributed by atoms with van der Waals surface area (Å²) in [7, 11) is -1.60. The highest BCUT2D eigenvalue weighted by Crippen LogP contribution is 2.43. The van der Waals surface area contributed by atoms with Gasteiger partial charge in [0.05, 0.1) is 57.2 Å². The lowest BCUT2D eigenvalue weighted by atomic mass is 9.49. The van der Waals surface area contributed by atoms with Crippen LogP contribution in [-0.4, -0.2) is 71.0 Å². The van der Waals surface area contributed by atoms with Gasteiger partial charge in [-0.05, 0) is 113 Å². The van der Waals surface area contributed by atoms with Gasteiger partial charge in [0.2, 0.25) is 5.88 Å². The second-order valence-electron chi connectivity index (χ2n) is 14.7. The molecule has 3 aliphatic rings. The van der Waals surface area contributed by atoms with E-state index in [1.165, 1.54) is 7.11 Å². The van der Waals surface area contributed by atoms with Gasteiger partial charge in [-0.15, -0.1) is 0 Å². The fourth-order valence-electron chi connectivity index (χ4n) is 5.08. The zero-order valence-electron chi connectivity index (χ0n) is 32.0. The number of aromatic nitrogens is 1. The molecule has 15 heteroatoms. The number of rotatable bonds is 7. The molecule has 2 aromatic rings. The van der Waals surface area contributed by atoms with E-state index >= 15 is 0 Å². The highest BCUT2D eigenvalue weighted by Gasteiger charge is 2.63. The molecule has 1 aromatic carbocycles. The van der Waals surface area contributed by atoms with Crippen LogP contribution < -0.4 is 14.9 Å². The van der Waals surface area contributed by atoms with Crippen molar-refractivity contribution in [3.8, 4) is 11.9 Å². The third-order valence-corrected chi connectivity index (χ3v) is 11.3. The summed E-state index contributed by atoms with van der Waals surface area (Å²) < 4.78 is 57.2. The van der Waals surface area contributed by atoms with E-state index in [4.69, 9.17) is 37.9 Å². The summed E-state index contributed by atoms with van der Waals surface area (Å²) in [6.07, 6.45) is 2.44. The Labute approximate surface area is 297 Å². The van der Waals surface area contributed by atoms with Gasteiger partial charge in [-0.3, -0.25) is 4.72 Å². The van der Waals surface area contributed by atoms with Crippen LogP contribution in [0.2, 0.25) is 0 Å². The van der Waals surface area contributed by atoms with Crippen LogP contribution in [0.3, 0.4) is 0 Å². The number of hydrogen-bond acceptors (Lipinski definition) is 10. The van der Waals surface area contributed by atoms with Crippen molar-refractivity contribution in [1.82, 2.24) is 4.98 Å². The van der Waals surface area contributed by atoms with Gasteiger partial charge in [0, 0.05) is 11.7 Å². The van der Waals surface area contributed by atoms with E-state index < -0.39 is 43.3 Å². The molecule has 5 rings (SSSR count). The average Bonchev–Trinajstić information content (AvgIpc) is 3.52. The maximum atomic E-state index is 12.7. The summed E-state index contributed by atoms with van der Waals surface area (Å²) >= 11 is 0. The van der Waals surface area contributed by atoms with Gasteiger partial charge in [-0.2, -0.15) is 5.26 Å². The number of nitrogens with zero attached hydrogens (tertiary/aromatic N) is 2. The SMILES string of the molecule is CC.CC1(C)OB(B2OC(C)(C)C(C)(C)O2)OC1(C)C.CCC1(C)OB(c2cnc(OC)c(NS(=O)c3ccc(C#N)cc3)c2)OC1(C)C. The number of methoxy groups -OCH3 is 1. The number of benzene rings is 1. The third-order valence-electron chi connectivity index (χ3n) is 10.2. The van der Waals surface area contributed by atoms with Crippen molar-refractivity contribution in [2.24, 2.45) is 0 Å². The Morgan fingerprint density at radius 3 is 1.65 bits per heavy atom. The molecule has 3 fully saturated rings. The molecule has 49 heavy (non-hydrogen) atoms. The van der Waals surface area contributed by atoms with Gasteiger partial charge >= 0.3 is 21.1 Å². The number of ether oxygens (including phenoxy) is 1. The first-order valence-corrected chi connectivity index (χ1v) is 18.1. The minimum atomic E-state index is -1.56. The van der Waals surface area contributed by atoms with Gasteiger partial charge in [0.25, 0.3) is 0 Å². The van der Waals surface area contributed by atoms with Gasteiger partial charge in [-0.1, -0.05) is 20.8 Å². The summed E-state index contributed by atoms with van der Waals surface area (Å²) in [6.45, 7) is 28.3. The van der Waals surface area contributed by atoms with E-state index in [0.717, 1.165) is 6.42 Å². The van der Waals surface area contributed by atoms with Crippen molar-refractivity contribution in [1.29, 1.82) is 5.26 Å². The van der Waals surface area contributed by atoms with Crippen molar-refractivity contribution < 1.29 is 36.9 Å². The maximum Gasteiger partial charge on any atom is 0.496 e. The molecule has 3 aliphatic heterocycles. The van der Waals surface area contributed by atoms with E-state index in [1.54, 1.807) is 36.5 Å². The van der Waals surface area contributed by atoms with Crippen LogP contribution in [0, 0.1) is 11.3 Å². The smallest absolute Gasteiger partial charge is 0.480 e. The first-order valence-electron chi connectivity index (χ1n) is 16.9. The molecular weight excluding hydrogens is 643 g/mol. The Balaban J connectivity index is 0.000000278. The van der Waals surface area contributed by atoms with Crippen LogP contribution in [0.15, 0.2) is 41.4 Å². The van der Waals surface area contributed by atoms with Crippen LogP contribution >= 0.6 is 0 Å². The van der Waals surface area contributed by atoms with Gasteiger partial charge in [0.1, 0.15) is 16.7 Å². The van der Waals surface area contributed by atoms with Crippen molar-refractivity contribution in [2.45, 2.75) is 142 Å². The number of anilines is 1. The molecule has 0 spiro atoms. The second-order valence-corrected chi connectivity index (χ2v) is 16.0. The quantitative estimate of drug-likeness (QED) is 0.341. The zero-order chi connectivity index (χ0) is 37.2. The maximum absolute atomic E-state index is 12.7. The van der Waals surface area contributed by atoms with Gasteiger partial charge in [-0.25, -0.2) is 9.19 Å². The van der Waals surface area contributed by atoms with Crippen molar-refractivity contribution in [2.75, 3.05) is 11.8 Å². The Bertz CT molecular complexity index is 1450. The molecule has 1 aromatic heterocycles. The summed E-state index contributed by atoms with van der Waals surface area (Å²) in [5.74, 6) is 0.311. The van der Waals surface area contributed by atoms with Crippen LogP contribution in [0.5, 0.6) is 5.88 Å². The number of hydrogen-bond donors (Lipinski definition) is 1.